The first-order valence-electron chi connectivity index (χ1n) is 6.93. The molecule has 0 radical (unpaired) electrons. The molecule has 1 aromatic rings. The van der Waals surface area contributed by atoms with Crippen molar-refractivity contribution in [3.63, 3.8) is 0 Å². The zero-order valence-corrected chi connectivity index (χ0v) is 13.1. The third-order valence-electron chi connectivity index (χ3n) is 3.48. The first-order chi connectivity index (χ1) is 9.79. The van der Waals surface area contributed by atoms with Crippen molar-refractivity contribution in [2.45, 2.75) is 25.8 Å². The van der Waals surface area contributed by atoms with Gasteiger partial charge in [-0.05, 0) is 43.5 Å². The Morgan fingerprint density at radius 3 is 2.81 bits per heavy atom. The Morgan fingerprint density at radius 1 is 1.48 bits per heavy atom. The molecule has 7 heteroatoms. The van der Waals surface area contributed by atoms with Crippen molar-refractivity contribution < 1.29 is 13.2 Å². The van der Waals surface area contributed by atoms with Crippen molar-refractivity contribution in [1.82, 2.24) is 5.32 Å². The number of amides is 1. The SMILES string of the molecule is CC(N)CCNC(=O)c1ccc2c(c1)CCN2S(C)(=O)=O. The second kappa shape index (κ2) is 6.03. The van der Waals surface area contributed by atoms with Crippen LogP contribution in [0.2, 0.25) is 0 Å². The van der Waals surface area contributed by atoms with Gasteiger partial charge in [-0.15, -0.1) is 0 Å². The van der Waals surface area contributed by atoms with Crippen LogP contribution in [0.25, 0.3) is 0 Å². The molecule has 1 aromatic carbocycles. The van der Waals surface area contributed by atoms with Crippen LogP contribution in [0.15, 0.2) is 18.2 Å². The fraction of sp³-hybridized carbons (Fsp3) is 0.500. The summed E-state index contributed by atoms with van der Waals surface area (Å²) < 4.78 is 24.7. The number of rotatable bonds is 5. The van der Waals surface area contributed by atoms with Gasteiger partial charge in [-0.25, -0.2) is 8.42 Å². The maximum atomic E-state index is 12.0. The van der Waals surface area contributed by atoms with Crippen molar-refractivity contribution in [1.29, 1.82) is 0 Å². The van der Waals surface area contributed by atoms with Crippen LogP contribution in [0.5, 0.6) is 0 Å². The fourth-order valence-electron chi connectivity index (χ4n) is 2.37. The van der Waals surface area contributed by atoms with Crippen LogP contribution >= 0.6 is 0 Å². The summed E-state index contributed by atoms with van der Waals surface area (Å²) >= 11 is 0. The summed E-state index contributed by atoms with van der Waals surface area (Å²) in [6.07, 6.45) is 2.54. The number of carbonyl (C=O) groups excluding carboxylic acids is 1. The summed E-state index contributed by atoms with van der Waals surface area (Å²) in [7, 11) is -3.25. The Kier molecular flexibility index (Phi) is 4.53. The summed E-state index contributed by atoms with van der Waals surface area (Å²) in [5, 5.41) is 2.81. The summed E-state index contributed by atoms with van der Waals surface area (Å²) in [4.78, 5) is 12.0. The van der Waals surface area contributed by atoms with E-state index in [1.807, 2.05) is 6.92 Å². The van der Waals surface area contributed by atoms with E-state index in [-0.39, 0.29) is 11.9 Å². The van der Waals surface area contributed by atoms with E-state index < -0.39 is 10.0 Å². The van der Waals surface area contributed by atoms with Crippen LogP contribution in [0.3, 0.4) is 0 Å². The number of fused-ring (bicyclic) bond motifs is 1. The number of anilines is 1. The van der Waals surface area contributed by atoms with E-state index in [0.29, 0.717) is 30.8 Å². The minimum absolute atomic E-state index is 0.0497. The number of sulfonamides is 1. The van der Waals surface area contributed by atoms with Crippen LogP contribution in [-0.2, 0) is 16.4 Å². The van der Waals surface area contributed by atoms with Gasteiger partial charge in [-0.3, -0.25) is 9.10 Å². The molecule has 0 saturated heterocycles. The Morgan fingerprint density at radius 2 is 2.19 bits per heavy atom. The number of nitrogens with zero attached hydrogens (tertiary/aromatic N) is 1. The van der Waals surface area contributed by atoms with Gasteiger partial charge in [0.2, 0.25) is 10.0 Å². The second-order valence-corrected chi connectivity index (χ2v) is 7.36. The highest BCUT2D eigenvalue weighted by Gasteiger charge is 2.26. The Balaban J connectivity index is 2.11. The molecule has 21 heavy (non-hydrogen) atoms. The molecule has 1 atom stereocenters. The minimum atomic E-state index is -3.25. The zero-order chi connectivity index (χ0) is 15.6. The molecule has 0 spiro atoms. The van der Waals surface area contributed by atoms with Gasteiger partial charge in [0.1, 0.15) is 0 Å². The Labute approximate surface area is 125 Å². The number of hydrogen-bond acceptors (Lipinski definition) is 4. The zero-order valence-electron chi connectivity index (χ0n) is 12.3. The molecular formula is C14H21N3O3S. The predicted octanol–water partition coefficient (Wildman–Crippen LogP) is 0.476. The molecule has 1 amide bonds. The van der Waals surface area contributed by atoms with Crippen molar-refractivity contribution in [2.75, 3.05) is 23.7 Å². The van der Waals surface area contributed by atoms with Gasteiger partial charge in [-0.2, -0.15) is 0 Å². The quantitative estimate of drug-likeness (QED) is 0.827. The Hall–Kier alpha value is -1.60. The van der Waals surface area contributed by atoms with Crippen LogP contribution in [0.1, 0.15) is 29.3 Å². The van der Waals surface area contributed by atoms with Gasteiger partial charge in [0.15, 0.2) is 0 Å². The van der Waals surface area contributed by atoms with E-state index in [1.165, 1.54) is 10.6 Å². The van der Waals surface area contributed by atoms with Crippen LogP contribution in [0.4, 0.5) is 5.69 Å². The molecule has 0 saturated carbocycles. The molecule has 0 aliphatic carbocycles. The van der Waals surface area contributed by atoms with Gasteiger partial charge in [0.25, 0.3) is 5.91 Å². The van der Waals surface area contributed by atoms with E-state index in [0.717, 1.165) is 12.0 Å². The van der Waals surface area contributed by atoms with Crippen molar-refractivity contribution in [3.8, 4) is 0 Å². The van der Waals surface area contributed by atoms with Gasteiger partial charge >= 0.3 is 0 Å². The molecule has 0 aromatic heterocycles. The van der Waals surface area contributed by atoms with Crippen LogP contribution < -0.4 is 15.4 Å². The molecule has 1 aliphatic rings. The van der Waals surface area contributed by atoms with E-state index in [9.17, 15) is 13.2 Å². The average molecular weight is 311 g/mol. The molecule has 6 nitrogen and oxygen atoms in total. The highest BCUT2D eigenvalue weighted by Crippen LogP contribution is 2.30. The maximum absolute atomic E-state index is 12.0. The third-order valence-corrected chi connectivity index (χ3v) is 4.66. The topological polar surface area (TPSA) is 92.5 Å². The summed E-state index contributed by atoms with van der Waals surface area (Å²) in [5.74, 6) is -0.156. The highest BCUT2D eigenvalue weighted by molar-refractivity contribution is 7.92. The fourth-order valence-corrected chi connectivity index (χ4v) is 3.33. The monoisotopic (exact) mass is 311 g/mol. The summed E-state index contributed by atoms with van der Waals surface area (Å²) in [6, 6.07) is 5.17. The van der Waals surface area contributed by atoms with Crippen molar-refractivity contribution in [2.24, 2.45) is 5.73 Å². The second-order valence-electron chi connectivity index (χ2n) is 5.45. The lowest BCUT2D eigenvalue weighted by atomic mass is 10.1. The predicted molar refractivity (Wildman–Crippen MR) is 82.9 cm³/mol. The maximum Gasteiger partial charge on any atom is 0.251 e. The first-order valence-corrected chi connectivity index (χ1v) is 8.78. The molecule has 3 N–H and O–H groups in total. The van der Waals surface area contributed by atoms with Crippen molar-refractivity contribution in [3.05, 3.63) is 29.3 Å². The normalized spacial score (nSPS) is 15.7. The average Bonchev–Trinajstić information content (AvgIpc) is 2.80. The van der Waals surface area contributed by atoms with Crippen molar-refractivity contribution >= 4 is 21.6 Å². The van der Waals surface area contributed by atoms with Crippen LogP contribution in [-0.4, -0.2) is 39.7 Å². The van der Waals surface area contributed by atoms with Gasteiger partial charge in [0.05, 0.1) is 11.9 Å². The molecule has 1 heterocycles. The number of nitrogens with one attached hydrogen (secondary N) is 1. The largest absolute Gasteiger partial charge is 0.352 e. The van der Waals surface area contributed by atoms with E-state index in [2.05, 4.69) is 5.32 Å². The van der Waals surface area contributed by atoms with Gasteiger partial charge < -0.3 is 11.1 Å². The van der Waals surface area contributed by atoms with Gasteiger partial charge in [-0.1, -0.05) is 0 Å². The lowest BCUT2D eigenvalue weighted by molar-refractivity contribution is 0.0952. The van der Waals surface area contributed by atoms with Crippen LogP contribution in [0, 0.1) is 0 Å². The lowest BCUT2D eigenvalue weighted by Crippen LogP contribution is -2.29. The van der Waals surface area contributed by atoms with E-state index in [1.54, 1.807) is 18.2 Å². The smallest absolute Gasteiger partial charge is 0.251 e. The molecular weight excluding hydrogens is 290 g/mol. The standard InChI is InChI=1S/C14H21N3O3S/c1-10(15)5-7-16-14(18)12-3-4-13-11(9-12)6-8-17(13)21(2,19)20/h3-4,9-10H,5-8,15H2,1-2H3,(H,16,18). The number of benzene rings is 1. The molecule has 116 valence electrons. The minimum Gasteiger partial charge on any atom is -0.352 e. The molecule has 1 aliphatic heterocycles. The van der Waals surface area contributed by atoms with E-state index in [4.69, 9.17) is 5.73 Å². The first kappa shape index (κ1) is 15.8. The molecule has 0 bridgehead atoms. The summed E-state index contributed by atoms with van der Waals surface area (Å²) in [5.41, 5.74) is 7.74. The third kappa shape index (κ3) is 3.74. The molecule has 1 unspecified atom stereocenters. The highest BCUT2D eigenvalue weighted by atomic mass is 32.2. The van der Waals surface area contributed by atoms with Gasteiger partial charge in [0, 0.05) is 24.7 Å². The number of hydrogen-bond donors (Lipinski definition) is 2. The number of nitrogens with two attached hydrogens (primary N) is 1. The Bertz CT molecular complexity index is 641. The molecule has 2 rings (SSSR count). The summed E-state index contributed by atoms with van der Waals surface area (Å²) in [6.45, 7) is 2.86. The van der Waals surface area contributed by atoms with E-state index >= 15 is 0 Å². The number of carbonyl (C=O) groups is 1. The molecule has 0 fully saturated rings. The lowest BCUT2D eigenvalue weighted by Gasteiger charge is -2.16.